The minimum atomic E-state index is 1.11. The summed E-state index contributed by atoms with van der Waals surface area (Å²) < 4.78 is 0. The summed E-state index contributed by atoms with van der Waals surface area (Å²) in [4.78, 5) is 3.27. The summed E-state index contributed by atoms with van der Waals surface area (Å²) >= 11 is 0. The molecule has 0 aromatic rings. The van der Waals surface area contributed by atoms with Gasteiger partial charge in [0.2, 0.25) is 0 Å². The Bertz CT molecular complexity index is 136. The van der Waals surface area contributed by atoms with Gasteiger partial charge in [-0.15, -0.1) is 0 Å². The lowest BCUT2D eigenvalue weighted by molar-refractivity contribution is -0.462. The fourth-order valence-electron chi connectivity index (χ4n) is 1.04. The van der Waals surface area contributed by atoms with Gasteiger partial charge < -0.3 is 5.73 Å². The summed E-state index contributed by atoms with van der Waals surface area (Å²) in [6.45, 7) is 1.11. The third-order valence-electron chi connectivity index (χ3n) is 1.52. The van der Waals surface area contributed by atoms with Gasteiger partial charge in [0.1, 0.15) is 6.54 Å². The first-order valence-corrected chi connectivity index (χ1v) is 3.41. The van der Waals surface area contributed by atoms with E-state index in [2.05, 4.69) is 4.99 Å². The number of rotatable bonds is 1. The molecule has 1 heterocycles. The quantitative estimate of drug-likeness (QED) is 0.471. The van der Waals surface area contributed by atoms with Gasteiger partial charge in [0, 0.05) is 25.1 Å². The van der Waals surface area contributed by atoms with Crippen molar-refractivity contribution in [3.8, 4) is 0 Å². The van der Waals surface area contributed by atoms with Gasteiger partial charge >= 0.3 is 0 Å². The van der Waals surface area contributed by atoms with Gasteiger partial charge in [-0.2, -0.15) is 0 Å². The highest BCUT2D eigenvalue weighted by atomic mass is 14.7. The Hall–Kier alpha value is -0.790. The Morgan fingerprint density at radius 1 is 1.44 bits per heavy atom. The zero-order chi connectivity index (χ0) is 6.53. The van der Waals surface area contributed by atoms with Gasteiger partial charge in [0.25, 0.3) is 0 Å². The Balaban J connectivity index is 2.46. The molecule has 50 valence electrons. The van der Waals surface area contributed by atoms with Gasteiger partial charge in [-0.25, -0.2) is 4.99 Å². The Morgan fingerprint density at radius 3 is 2.89 bits per heavy atom. The average Bonchev–Trinajstić information content (AvgIpc) is 1.91. The van der Waals surface area contributed by atoms with E-state index in [-0.39, 0.29) is 0 Å². The number of nitrogens with one attached hydrogen (secondary N) is 1. The molecular formula is C7H13N2+. The normalized spacial score (nSPS) is 20.2. The molecule has 0 fully saturated rings. The first kappa shape index (κ1) is 6.33. The predicted molar refractivity (Wildman–Crippen MR) is 38.0 cm³/mol. The lowest BCUT2D eigenvalue weighted by atomic mass is 10.1. The fourth-order valence-corrected chi connectivity index (χ4v) is 1.04. The standard InChI is InChI=1S/C7H12N2/c8-5-4-7-3-1-2-6-9-7/h4-5H,1-3,6,8H2/p+1. The summed E-state index contributed by atoms with van der Waals surface area (Å²) in [6.07, 6.45) is 7.29. The molecule has 0 spiro atoms. The van der Waals surface area contributed by atoms with Crippen molar-refractivity contribution in [2.24, 2.45) is 5.73 Å². The average molecular weight is 125 g/mol. The summed E-state index contributed by atoms with van der Waals surface area (Å²) in [5.74, 6) is 0. The van der Waals surface area contributed by atoms with Crippen LogP contribution >= 0.6 is 0 Å². The van der Waals surface area contributed by atoms with E-state index in [1.165, 1.54) is 18.6 Å². The van der Waals surface area contributed by atoms with Gasteiger partial charge in [-0.1, -0.05) is 0 Å². The molecule has 0 saturated carbocycles. The second-order valence-corrected chi connectivity index (χ2v) is 2.27. The number of hydrogen-bond acceptors (Lipinski definition) is 1. The van der Waals surface area contributed by atoms with Crippen LogP contribution in [-0.4, -0.2) is 12.3 Å². The molecule has 2 heteroatoms. The Labute approximate surface area is 55.5 Å². The van der Waals surface area contributed by atoms with Crippen LogP contribution in [0, 0.1) is 0 Å². The van der Waals surface area contributed by atoms with E-state index < -0.39 is 0 Å². The van der Waals surface area contributed by atoms with Crippen molar-refractivity contribution < 1.29 is 4.99 Å². The van der Waals surface area contributed by atoms with Crippen LogP contribution in [0.4, 0.5) is 0 Å². The van der Waals surface area contributed by atoms with Crippen LogP contribution in [0.15, 0.2) is 12.3 Å². The van der Waals surface area contributed by atoms with E-state index in [0.717, 1.165) is 13.0 Å². The highest BCUT2D eigenvalue weighted by Gasteiger charge is 2.06. The van der Waals surface area contributed by atoms with Crippen LogP contribution in [0.3, 0.4) is 0 Å². The molecule has 1 rings (SSSR count). The first-order chi connectivity index (χ1) is 4.43. The maximum atomic E-state index is 5.22. The summed E-state index contributed by atoms with van der Waals surface area (Å²) in [5, 5.41) is 0. The third kappa shape index (κ3) is 1.88. The molecule has 0 radical (unpaired) electrons. The molecule has 0 saturated heterocycles. The lowest BCUT2D eigenvalue weighted by Gasteiger charge is -2.00. The van der Waals surface area contributed by atoms with Crippen LogP contribution in [0.5, 0.6) is 0 Å². The first-order valence-electron chi connectivity index (χ1n) is 3.41. The molecule has 1 aliphatic rings. The molecule has 9 heavy (non-hydrogen) atoms. The van der Waals surface area contributed by atoms with Crippen molar-refractivity contribution in [3.63, 3.8) is 0 Å². The van der Waals surface area contributed by atoms with E-state index in [4.69, 9.17) is 5.73 Å². The smallest absolute Gasteiger partial charge is 0.175 e. The van der Waals surface area contributed by atoms with Crippen LogP contribution in [0.1, 0.15) is 19.3 Å². The third-order valence-corrected chi connectivity index (χ3v) is 1.52. The highest BCUT2D eigenvalue weighted by Crippen LogP contribution is 1.95. The summed E-state index contributed by atoms with van der Waals surface area (Å²) in [7, 11) is 0. The van der Waals surface area contributed by atoms with Crippen molar-refractivity contribution in [3.05, 3.63) is 12.3 Å². The van der Waals surface area contributed by atoms with Gasteiger partial charge in [-0.05, 0) is 6.42 Å². The second kappa shape index (κ2) is 3.28. The lowest BCUT2D eigenvalue weighted by Crippen LogP contribution is -2.74. The van der Waals surface area contributed by atoms with E-state index >= 15 is 0 Å². The molecule has 0 atom stereocenters. The largest absolute Gasteiger partial charge is 0.404 e. The van der Waals surface area contributed by atoms with Crippen molar-refractivity contribution in [2.45, 2.75) is 19.3 Å². The minimum Gasteiger partial charge on any atom is -0.404 e. The van der Waals surface area contributed by atoms with E-state index in [1.54, 1.807) is 6.20 Å². The van der Waals surface area contributed by atoms with Gasteiger partial charge in [0.05, 0.1) is 0 Å². The van der Waals surface area contributed by atoms with Crippen molar-refractivity contribution in [2.75, 3.05) is 6.54 Å². The summed E-state index contributed by atoms with van der Waals surface area (Å²) in [5.41, 5.74) is 6.50. The zero-order valence-electron chi connectivity index (χ0n) is 5.56. The van der Waals surface area contributed by atoms with Gasteiger partial charge in [0.15, 0.2) is 5.71 Å². The zero-order valence-corrected chi connectivity index (χ0v) is 5.56. The molecule has 0 aromatic carbocycles. The maximum absolute atomic E-state index is 5.22. The molecule has 0 unspecified atom stereocenters. The van der Waals surface area contributed by atoms with Gasteiger partial charge in [-0.3, -0.25) is 0 Å². The second-order valence-electron chi connectivity index (χ2n) is 2.27. The van der Waals surface area contributed by atoms with E-state index in [0.29, 0.717) is 0 Å². The number of allylic oxidation sites excluding steroid dienone is 1. The molecule has 1 aliphatic heterocycles. The van der Waals surface area contributed by atoms with E-state index in [1.807, 2.05) is 6.08 Å². The number of hydrogen-bond donors (Lipinski definition) is 2. The topological polar surface area (TPSA) is 40.0 Å². The molecule has 0 amide bonds. The molecule has 0 bridgehead atoms. The molecule has 2 nitrogen and oxygen atoms in total. The van der Waals surface area contributed by atoms with Crippen LogP contribution in [0.2, 0.25) is 0 Å². The number of nitrogens with two attached hydrogens (primary N) is 1. The van der Waals surface area contributed by atoms with Crippen LogP contribution in [0.25, 0.3) is 0 Å². The minimum absolute atomic E-state index is 1.11. The van der Waals surface area contributed by atoms with Crippen LogP contribution < -0.4 is 10.7 Å². The van der Waals surface area contributed by atoms with Crippen LogP contribution in [-0.2, 0) is 0 Å². The SMILES string of the molecule is NC=CC1=[NH+]CCCC1. The fraction of sp³-hybridized carbons (Fsp3) is 0.571. The van der Waals surface area contributed by atoms with Crippen molar-refractivity contribution >= 4 is 5.71 Å². The Kier molecular flexibility index (Phi) is 2.31. The monoisotopic (exact) mass is 125 g/mol. The van der Waals surface area contributed by atoms with E-state index in [9.17, 15) is 0 Å². The predicted octanol–water partition coefficient (Wildman–Crippen LogP) is -0.836. The maximum Gasteiger partial charge on any atom is 0.175 e. The van der Waals surface area contributed by atoms with Crippen molar-refractivity contribution in [1.82, 2.24) is 0 Å². The summed E-state index contributed by atoms with van der Waals surface area (Å²) in [6, 6.07) is 0. The molecule has 0 aliphatic carbocycles. The van der Waals surface area contributed by atoms with Crippen molar-refractivity contribution in [1.29, 1.82) is 0 Å². The molecule has 3 N–H and O–H groups in total. The molecule has 0 aromatic heterocycles. The Morgan fingerprint density at radius 2 is 2.33 bits per heavy atom. The molecular weight excluding hydrogens is 112 g/mol. The highest BCUT2D eigenvalue weighted by molar-refractivity contribution is 5.89.